The van der Waals surface area contributed by atoms with Gasteiger partial charge in [-0.3, -0.25) is 4.79 Å². The fraction of sp³-hybridized carbons (Fsp3) is 0.462. The molecule has 1 heterocycles. The van der Waals surface area contributed by atoms with E-state index >= 15 is 0 Å². The number of carbonyl (C=O) groups excluding carboxylic acids is 1. The zero-order chi connectivity index (χ0) is 12.1. The van der Waals surface area contributed by atoms with Crippen molar-refractivity contribution in [3.8, 4) is 5.75 Å². The summed E-state index contributed by atoms with van der Waals surface area (Å²) in [5.74, 6) is 0.958. The first-order chi connectivity index (χ1) is 8.33. The summed E-state index contributed by atoms with van der Waals surface area (Å²) in [6, 6.07) is 7.73. The van der Waals surface area contributed by atoms with Crippen LogP contribution in [0, 0.1) is 0 Å². The van der Waals surface area contributed by atoms with E-state index in [1.54, 1.807) is 0 Å². The average molecular weight is 234 g/mol. The van der Waals surface area contributed by atoms with Gasteiger partial charge in [-0.25, -0.2) is 0 Å². The van der Waals surface area contributed by atoms with Gasteiger partial charge in [0.2, 0.25) is 5.91 Å². The Bertz CT molecular complexity index is 393. The predicted molar refractivity (Wildman–Crippen MR) is 67.5 cm³/mol. The van der Waals surface area contributed by atoms with E-state index in [9.17, 15) is 4.79 Å². The van der Waals surface area contributed by atoms with Crippen LogP contribution >= 0.6 is 0 Å². The molecular formula is C13H18N2O2. The molecule has 1 amide bonds. The van der Waals surface area contributed by atoms with Crippen LogP contribution in [0.3, 0.4) is 0 Å². The quantitative estimate of drug-likeness (QED) is 0.859. The smallest absolute Gasteiger partial charge is 0.228 e. The van der Waals surface area contributed by atoms with Gasteiger partial charge in [-0.05, 0) is 25.6 Å². The van der Waals surface area contributed by atoms with Crippen molar-refractivity contribution in [3.63, 3.8) is 0 Å². The number of amides is 1. The third-order valence-electron chi connectivity index (χ3n) is 2.83. The minimum atomic E-state index is 0.150. The Morgan fingerprint density at radius 2 is 2.29 bits per heavy atom. The van der Waals surface area contributed by atoms with Crippen molar-refractivity contribution in [1.29, 1.82) is 0 Å². The van der Waals surface area contributed by atoms with E-state index in [1.807, 2.05) is 36.2 Å². The molecule has 0 bridgehead atoms. The molecule has 17 heavy (non-hydrogen) atoms. The lowest BCUT2D eigenvalue weighted by atomic mass is 10.2. The van der Waals surface area contributed by atoms with Crippen LogP contribution in [-0.2, 0) is 4.79 Å². The van der Waals surface area contributed by atoms with Gasteiger partial charge in [-0.2, -0.15) is 0 Å². The Balaban J connectivity index is 2.19. The van der Waals surface area contributed by atoms with Gasteiger partial charge in [-0.15, -0.1) is 0 Å². The Kier molecular flexibility index (Phi) is 3.98. The number of ether oxygens (including phenoxy) is 1. The monoisotopic (exact) mass is 234 g/mol. The summed E-state index contributed by atoms with van der Waals surface area (Å²) >= 11 is 0. The first kappa shape index (κ1) is 11.9. The molecular weight excluding hydrogens is 216 g/mol. The van der Waals surface area contributed by atoms with E-state index in [1.165, 1.54) is 0 Å². The molecule has 0 unspecified atom stereocenters. The maximum Gasteiger partial charge on any atom is 0.228 e. The van der Waals surface area contributed by atoms with Crippen LogP contribution in [0.15, 0.2) is 24.3 Å². The minimum absolute atomic E-state index is 0.150. The normalized spacial score (nSPS) is 14.8. The standard InChI is InChI=1S/C13H18N2O2/c1-14-8-7-13(16)15-9-4-10-17-12-6-3-2-5-11(12)15/h2-3,5-6,14H,4,7-10H2,1H3. The lowest BCUT2D eigenvalue weighted by Gasteiger charge is -2.21. The zero-order valence-corrected chi connectivity index (χ0v) is 10.1. The summed E-state index contributed by atoms with van der Waals surface area (Å²) in [5.41, 5.74) is 0.895. The Labute approximate surface area is 102 Å². The molecule has 4 nitrogen and oxygen atoms in total. The number of carbonyl (C=O) groups is 1. The fourth-order valence-electron chi connectivity index (χ4n) is 1.95. The Hall–Kier alpha value is -1.55. The lowest BCUT2D eigenvalue weighted by molar-refractivity contribution is -0.118. The summed E-state index contributed by atoms with van der Waals surface area (Å²) < 4.78 is 5.62. The molecule has 1 aliphatic rings. The van der Waals surface area contributed by atoms with Gasteiger partial charge >= 0.3 is 0 Å². The van der Waals surface area contributed by atoms with Crippen molar-refractivity contribution in [1.82, 2.24) is 5.32 Å². The minimum Gasteiger partial charge on any atom is -0.491 e. The number of rotatable bonds is 3. The number of para-hydroxylation sites is 2. The van der Waals surface area contributed by atoms with Crippen molar-refractivity contribution >= 4 is 11.6 Å². The number of hydrogen-bond acceptors (Lipinski definition) is 3. The molecule has 0 saturated heterocycles. The molecule has 1 aromatic rings. The number of anilines is 1. The number of nitrogens with one attached hydrogen (secondary N) is 1. The van der Waals surface area contributed by atoms with Gasteiger partial charge in [0.05, 0.1) is 12.3 Å². The third-order valence-corrected chi connectivity index (χ3v) is 2.83. The molecule has 1 aliphatic heterocycles. The summed E-state index contributed by atoms with van der Waals surface area (Å²) in [6.45, 7) is 2.12. The largest absolute Gasteiger partial charge is 0.491 e. The topological polar surface area (TPSA) is 41.6 Å². The van der Waals surface area contributed by atoms with Crippen molar-refractivity contribution < 1.29 is 9.53 Å². The predicted octanol–water partition coefficient (Wildman–Crippen LogP) is 1.41. The first-order valence-corrected chi connectivity index (χ1v) is 5.99. The van der Waals surface area contributed by atoms with E-state index < -0.39 is 0 Å². The molecule has 0 saturated carbocycles. The van der Waals surface area contributed by atoms with Crippen molar-refractivity contribution in [2.24, 2.45) is 0 Å². The number of fused-ring (bicyclic) bond motifs is 1. The van der Waals surface area contributed by atoms with Crippen LogP contribution in [0.4, 0.5) is 5.69 Å². The van der Waals surface area contributed by atoms with Gasteiger partial charge < -0.3 is 15.0 Å². The zero-order valence-electron chi connectivity index (χ0n) is 10.1. The maximum atomic E-state index is 12.1. The van der Waals surface area contributed by atoms with E-state index in [-0.39, 0.29) is 5.91 Å². The number of hydrogen-bond donors (Lipinski definition) is 1. The third kappa shape index (κ3) is 2.77. The van der Waals surface area contributed by atoms with E-state index in [0.717, 1.165) is 24.4 Å². The van der Waals surface area contributed by atoms with Crippen LogP contribution < -0.4 is 15.0 Å². The molecule has 0 spiro atoms. The van der Waals surface area contributed by atoms with Crippen molar-refractivity contribution in [3.05, 3.63) is 24.3 Å². The molecule has 1 aromatic carbocycles. The van der Waals surface area contributed by atoms with Gasteiger partial charge in [0, 0.05) is 19.5 Å². The summed E-state index contributed by atoms with van der Waals surface area (Å²) in [7, 11) is 1.85. The molecule has 0 fully saturated rings. The molecule has 0 aliphatic carbocycles. The summed E-state index contributed by atoms with van der Waals surface area (Å²) in [5, 5.41) is 3.00. The van der Waals surface area contributed by atoms with Crippen LogP contribution in [-0.4, -0.2) is 32.7 Å². The maximum absolute atomic E-state index is 12.1. The van der Waals surface area contributed by atoms with E-state index in [4.69, 9.17) is 4.74 Å². The average Bonchev–Trinajstić information content (AvgIpc) is 2.58. The van der Waals surface area contributed by atoms with Gasteiger partial charge in [-0.1, -0.05) is 12.1 Å². The molecule has 1 N–H and O–H groups in total. The summed E-state index contributed by atoms with van der Waals surface area (Å²) in [6.07, 6.45) is 1.39. The Morgan fingerprint density at radius 1 is 1.47 bits per heavy atom. The van der Waals surface area contributed by atoms with E-state index in [2.05, 4.69) is 5.32 Å². The second kappa shape index (κ2) is 5.68. The molecule has 2 rings (SSSR count). The number of benzene rings is 1. The lowest BCUT2D eigenvalue weighted by Crippen LogP contribution is -2.33. The fourth-order valence-corrected chi connectivity index (χ4v) is 1.95. The molecule has 4 heteroatoms. The second-order valence-corrected chi connectivity index (χ2v) is 4.07. The molecule has 0 aromatic heterocycles. The van der Waals surface area contributed by atoms with Gasteiger partial charge in [0.1, 0.15) is 5.75 Å². The highest BCUT2D eigenvalue weighted by atomic mass is 16.5. The Morgan fingerprint density at radius 3 is 3.12 bits per heavy atom. The first-order valence-electron chi connectivity index (χ1n) is 5.99. The van der Waals surface area contributed by atoms with Crippen LogP contribution in [0.1, 0.15) is 12.8 Å². The highest BCUT2D eigenvalue weighted by Crippen LogP contribution is 2.30. The highest BCUT2D eigenvalue weighted by molar-refractivity contribution is 5.95. The van der Waals surface area contributed by atoms with Crippen molar-refractivity contribution in [2.45, 2.75) is 12.8 Å². The van der Waals surface area contributed by atoms with Crippen LogP contribution in [0.25, 0.3) is 0 Å². The van der Waals surface area contributed by atoms with Crippen molar-refractivity contribution in [2.75, 3.05) is 31.6 Å². The van der Waals surface area contributed by atoms with Crippen LogP contribution in [0.5, 0.6) is 5.75 Å². The number of nitrogens with zero attached hydrogens (tertiary/aromatic N) is 1. The van der Waals surface area contributed by atoms with Gasteiger partial charge in [0.25, 0.3) is 0 Å². The highest BCUT2D eigenvalue weighted by Gasteiger charge is 2.20. The molecule has 92 valence electrons. The summed E-state index contributed by atoms with van der Waals surface area (Å²) in [4.78, 5) is 13.9. The molecule has 0 radical (unpaired) electrons. The van der Waals surface area contributed by atoms with Crippen LogP contribution in [0.2, 0.25) is 0 Å². The SMILES string of the molecule is CNCCC(=O)N1CCCOc2ccccc21. The van der Waals surface area contributed by atoms with Gasteiger partial charge in [0.15, 0.2) is 0 Å². The second-order valence-electron chi connectivity index (χ2n) is 4.07. The molecule has 0 atom stereocenters. The van der Waals surface area contributed by atoms with E-state index in [0.29, 0.717) is 19.6 Å².